The van der Waals surface area contributed by atoms with Crippen LogP contribution in [0, 0.1) is 6.92 Å². The van der Waals surface area contributed by atoms with E-state index < -0.39 is 0 Å². The fourth-order valence-electron chi connectivity index (χ4n) is 1.49. The van der Waals surface area contributed by atoms with Crippen molar-refractivity contribution >= 4 is 11.7 Å². The lowest BCUT2D eigenvalue weighted by Gasteiger charge is -2.09. The maximum Gasteiger partial charge on any atom is 0.307 e. The van der Waals surface area contributed by atoms with Gasteiger partial charge in [0.25, 0.3) is 0 Å². The van der Waals surface area contributed by atoms with Gasteiger partial charge >= 0.3 is 5.97 Å². The number of hydrogen-bond acceptors (Lipinski definition) is 4. The number of aryl methyl sites for hydroxylation is 1. The average Bonchev–Trinajstić information content (AvgIpc) is 2.37. The SMILES string of the molecule is Cc1ccc(NCCC(=O)OCCOC(C)C)cc1. The van der Waals surface area contributed by atoms with E-state index in [-0.39, 0.29) is 12.1 Å². The molecule has 0 unspecified atom stereocenters. The summed E-state index contributed by atoms with van der Waals surface area (Å²) < 4.78 is 10.3. The highest BCUT2D eigenvalue weighted by atomic mass is 16.6. The molecule has 1 aromatic carbocycles. The van der Waals surface area contributed by atoms with Crippen LogP contribution in [0.5, 0.6) is 0 Å². The summed E-state index contributed by atoms with van der Waals surface area (Å²) in [4.78, 5) is 11.4. The number of hydrogen-bond donors (Lipinski definition) is 1. The summed E-state index contributed by atoms with van der Waals surface area (Å²) in [5.74, 6) is -0.202. The van der Waals surface area contributed by atoms with Crippen LogP contribution in [0.15, 0.2) is 24.3 Å². The number of anilines is 1. The molecule has 0 aliphatic heterocycles. The fourth-order valence-corrected chi connectivity index (χ4v) is 1.49. The van der Waals surface area contributed by atoms with E-state index in [9.17, 15) is 4.79 Å². The molecule has 0 aliphatic rings. The van der Waals surface area contributed by atoms with Crippen LogP contribution in [0.2, 0.25) is 0 Å². The minimum atomic E-state index is -0.202. The van der Waals surface area contributed by atoms with Crippen LogP contribution in [0.25, 0.3) is 0 Å². The Labute approximate surface area is 115 Å². The first-order chi connectivity index (χ1) is 9.08. The molecular weight excluding hydrogens is 242 g/mol. The zero-order valence-electron chi connectivity index (χ0n) is 11.9. The Hall–Kier alpha value is -1.55. The number of benzene rings is 1. The van der Waals surface area contributed by atoms with E-state index in [1.807, 2.05) is 45.0 Å². The third-order valence-corrected chi connectivity index (χ3v) is 2.51. The van der Waals surface area contributed by atoms with Crippen LogP contribution < -0.4 is 5.32 Å². The Kier molecular flexibility index (Phi) is 6.97. The molecule has 19 heavy (non-hydrogen) atoms. The zero-order chi connectivity index (χ0) is 14.1. The van der Waals surface area contributed by atoms with E-state index >= 15 is 0 Å². The summed E-state index contributed by atoms with van der Waals surface area (Å²) in [5, 5.41) is 3.18. The highest BCUT2D eigenvalue weighted by Crippen LogP contribution is 2.08. The monoisotopic (exact) mass is 265 g/mol. The summed E-state index contributed by atoms with van der Waals surface area (Å²) in [6.07, 6.45) is 0.525. The van der Waals surface area contributed by atoms with Crippen molar-refractivity contribution in [3.63, 3.8) is 0 Å². The fraction of sp³-hybridized carbons (Fsp3) is 0.533. The number of ether oxygens (including phenoxy) is 2. The summed E-state index contributed by atoms with van der Waals surface area (Å²) in [6, 6.07) is 8.06. The molecule has 1 rings (SSSR count). The van der Waals surface area contributed by atoms with Gasteiger partial charge in [0.05, 0.1) is 19.1 Å². The molecule has 0 fully saturated rings. The number of carbonyl (C=O) groups is 1. The summed E-state index contributed by atoms with van der Waals surface area (Å²) >= 11 is 0. The normalized spacial score (nSPS) is 10.5. The van der Waals surface area contributed by atoms with E-state index in [2.05, 4.69) is 5.32 Å². The largest absolute Gasteiger partial charge is 0.463 e. The molecule has 1 aromatic rings. The number of nitrogens with one attached hydrogen (secondary N) is 1. The molecule has 0 bridgehead atoms. The van der Waals surface area contributed by atoms with Gasteiger partial charge in [0, 0.05) is 12.2 Å². The Bertz CT molecular complexity index is 373. The Morgan fingerprint density at radius 3 is 2.53 bits per heavy atom. The van der Waals surface area contributed by atoms with Crippen molar-refractivity contribution in [2.75, 3.05) is 25.1 Å². The van der Waals surface area contributed by atoms with Crippen LogP contribution in [-0.2, 0) is 14.3 Å². The molecule has 0 radical (unpaired) electrons. The van der Waals surface area contributed by atoms with Crippen molar-refractivity contribution in [2.45, 2.75) is 33.3 Å². The molecule has 0 saturated carbocycles. The van der Waals surface area contributed by atoms with Crippen molar-refractivity contribution in [1.82, 2.24) is 0 Å². The lowest BCUT2D eigenvalue weighted by Crippen LogP contribution is -2.16. The molecule has 0 aromatic heterocycles. The standard InChI is InChI=1S/C15H23NO3/c1-12(2)18-10-11-19-15(17)8-9-16-14-6-4-13(3)5-7-14/h4-7,12,16H,8-11H2,1-3H3. The minimum Gasteiger partial charge on any atom is -0.463 e. The van der Waals surface area contributed by atoms with Crippen molar-refractivity contribution in [1.29, 1.82) is 0 Å². The van der Waals surface area contributed by atoms with Gasteiger partial charge in [-0.25, -0.2) is 0 Å². The molecule has 0 aliphatic carbocycles. The maximum absolute atomic E-state index is 11.4. The van der Waals surface area contributed by atoms with Gasteiger partial charge < -0.3 is 14.8 Å². The molecule has 0 saturated heterocycles. The Balaban J connectivity index is 2.08. The number of carbonyl (C=O) groups excluding carboxylic acids is 1. The maximum atomic E-state index is 11.4. The van der Waals surface area contributed by atoms with Crippen molar-refractivity contribution in [3.05, 3.63) is 29.8 Å². The highest BCUT2D eigenvalue weighted by molar-refractivity contribution is 5.70. The first kappa shape index (κ1) is 15.5. The molecular formula is C15H23NO3. The molecule has 0 spiro atoms. The molecule has 4 nitrogen and oxygen atoms in total. The molecule has 0 atom stereocenters. The van der Waals surface area contributed by atoms with Crippen LogP contribution in [0.1, 0.15) is 25.8 Å². The Morgan fingerprint density at radius 1 is 1.21 bits per heavy atom. The second-order valence-corrected chi connectivity index (χ2v) is 4.68. The lowest BCUT2D eigenvalue weighted by atomic mass is 10.2. The van der Waals surface area contributed by atoms with E-state index in [1.54, 1.807) is 0 Å². The van der Waals surface area contributed by atoms with E-state index in [0.717, 1.165) is 5.69 Å². The molecule has 0 amide bonds. The van der Waals surface area contributed by atoms with Crippen molar-refractivity contribution in [3.8, 4) is 0 Å². The van der Waals surface area contributed by atoms with E-state index in [0.29, 0.717) is 26.2 Å². The second kappa shape index (κ2) is 8.53. The van der Waals surface area contributed by atoms with Crippen molar-refractivity contribution in [2.24, 2.45) is 0 Å². The predicted octanol–water partition coefficient (Wildman–Crippen LogP) is 2.77. The Morgan fingerprint density at radius 2 is 1.89 bits per heavy atom. The van der Waals surface area contributed by atoms with Gasteiger partial charge in [0.15, 0.2) is 0 Å². The van der Waals surface area contributed by atoms with E-state index in [1.165, 1.54) is 5.56 Å². The topological polar surface area (TPSA) is 47.6 Å². The van der Waals surface area contributed by atoms with Gasteiger partial charge in [-0.1, -0.05) is 17.7 Å². The van der Waals surface area contributed by atoms with Crippen LogP contribution in [-0.4, -0.2) is 31.8 Å². The minimum absolute atomic E-state index is 0.168. The van der Waals surface area contributed by atoms with Gasteiger partial charge in [-0.05, 0) is 32.9 Å². The average molecular weight is 265 g/mol. The molecule has 4 heteroatoms. The first-order valence-corrected chi connectivity index (χ1v) is 6.65. The second-order valence-electron chi connectivity index (χ2n) is 4.68. The summed E-state index contributed by atoms with van der Waals surface area (Å²) in [6.45, 7) is 7.30. The van der Waals surface area contributed by atoms with Gasteiger partial charge in [-0.15, -0.1) is 0 Å². The summed E-state index contributed by atoms with van der Waals surface area (Å²) in [7, 11) is 0. The van der Waals surface area contributed by atoms with Gasteiger partial charge in [-0.2, -0.15) is 0 Å². The highest BCUT2D eigenvalue weighted by Gasteiger charge is 2.02. The van der Waals surface area contributed by atoms with Gasteiger partial charge in [0.1, 0.15) is 6.61 Å². The van der Waals surface area contributed by atoms with Gasteiger partial charge in [-0.3, -0.25) is 4.79 Å². The zero-order valence-corrected chi connectivity index (χ0v) is 11.9. The third kappa shape index (κ3) is 7.47. The number of rotatable bonds is 8. The van der Waals surface area contributed by atoms with Crippen LogP contribution in [0.3, 0.4) is 0 Å². The summed E-state index contributed by atoms with van der Waals surface area (Å²) in [5.41, 5.74) is 2.23. The van der Waals surface area contributed by atoms with E-state index in [4.69, 9.17) is 9.47 Å². The quantitative estimate of drug-likeness (QED) is 0.580. The molecule has 106 valence electrons. The molecule has 1 N–H and O–H groups in total. The molecule has 0 heterocycles. The third-order valence-electron chi connectivity index (χ3n) is 2.51. The predicted molar refractivity (Wildman–Crippen MR) is 76.3 cm³/mol. The van der Waals surface area contributed by atoms with Crippen LogP contribution in [0.4, 0.5) is 5.69 Å². The smallest absolute Gasteiger partial charge is 0.307 e. The number of esters is 1. The van der Waals surface area contributed by atoms with Gasteiger partial charge in [0.2, 0.25) is 0 Å². The van der Waals surface area contributed by atoms with Crippen molar-refractivity contribution < 1.29 is 14.3 Å². The van der Waals surface area contributed by atoms with Crippen LogP contribution >= 0.6 is 0 Å². The lowest BCUT2D eigenvalue weighted by molar-refractivity contribution is -0.145. The first-order valence-electron chi connectivity index (χ1n) is 6.65.